The fourth-order valence-electron chi connectivity index (χ4n) is 2.63. The van der Waals surface area contributed by atoms with Crippen molar-refractivity contribution in [2.75, 3.05) is 5.73 Å². The molecule has 0 unspecified atom stereocenters. The summed E-state index contributed by atoms with van der Waals surface area (Å²) < 4.78 is 2.16. The summed E-state index contributed by atoms with van der Waals surface area (Å²) in [5.74, 6) is 0. The lowest BCUT2D eigenvalue weighted by molar-refractivity contribution is 1.23. The smallest absolute Gasteiger partial charge is 0.0971 e. The average molecular weight is 259 g/mol. The van der Waals surface area contributed by atoms with Crippen molar-refractivity contribution in [3.05, 3.63) is 66.9 Å². The molecule has 0 aliphatic heterocycles. The summed E-state index contributed by atoms with van der Waals surface area (Å²) in [5, 5.41) is 0. The number of benzene rings is 2. The minimum absolute atomic E-state index is 0.749. The molecular formula is C17H13N3. The van der Waals surface area contributed by atoms with Crippen LogP contribution in [0, 0.1) is 0 Å². The summed E-state index contributed by atoms with van der Waals surface area (Å²) in [6, 6.07) is 20.1. The Morgan fingerprint density at radius 1 is 0.800 bits per heavy atom. The molecule has 0 bridgehead atoms. The van der Waals surface area contributed by atoms with Crippen LogP contribution in [0.4, 0.5) is 5.69 Å². The van der Waals surface area contributed by atoms with E-state index in [2.05, 4.69) is 22.7 Å². The average Bonchev–Trinajstić information content (AvgIpc) is 2.97. The van der Waals surface area contributed by atoms with Crippen molar-refractivity contribution in [1.82, 2.24) is 9.38 Å². The topological polar surface area (TPSA) is 43.3 Å². The monoisotopic (exact) mass is 259 g/mol. The van der Waals surface area contributed by atoms with Gasteiger partial charge in [0, 0.05) is 17.4 Å². The standard InChI is InChI=1S/C17H13N3/c18-13-7-2-1-6-12(13)17-16-10-5-11-20(16)15-9-4-3-8-14(15)19-17/h1-11H,18H2. The van der Waals surface area contributed by atoms with Gasteiger partial charge in [-0.15, -0.1) is 0 Å². The van der Waals surface area contributed by atoms with Crippen molar-refractivity contribution in [2.24, 2.45) is 0 Å². The molecule has 4 aromatic rings. The maximum atomic E-state index is 6.11. The highest BCUT2D eigenvalue weighted by Crippen LogP contribution is 2.30. The van der Waals surface area contributed by atoms with Crippen molar-refractivity contribution in [3.8, 4) is 11.3 Å². The van der Waals surface area contributed by atoms with Gasteiger partial charge in [0.25, 0.3) is 0 Å². The van der Waals surface area contributed by atoms with Gasteiger partial charge in [-0.1, -0.05) is 30.3 Å². The summed E-state index contributed by atoms with van der Waals surface area (Å²) in [5.41, 5.74) is 11.9. The van der Waals surface area contributed by atoms with Crippen LogP contribution >= 0.6 is 0 Å². The van der Waals surface area contributed by atoms with E-state index in [0.717, 1.165) is 33.5 Å². The Bertz CT molecular complexity index is 922. The number of para-hydroxylation sites is 3. The SMILES string of the molecule is Nc1ccccc1-c1nc2ccccc2n2cccc12. The molecule has 0 atom stereocenters. The fraction of sp³-hybridized carbons (Fsp3) is 0. The largest absolute Gasteiger partial charge is 0.398 e. The molecule has 0 spiro atoms. The number of nitrogens with two attached hydrogens (primary N) is 1. The first-order chi connectivity index (χ1) is 9.84. The van der Waals surface area contributed by atoms with Crippen molar-refractivity contribution < 1.29 is 0 Å². The first-order valence-electron chi connectivity index (χ1n) is 6.55. The molecule has 0 aliphatic rings. The normalized spacial score (nSPS) is 11.2. The second-order valence-electron chi connectivity index (χ2n) is 4.80. The van der Waals surface area contributed by atoms with Crippen LogP contribution in [0.2, 0.25) is 0 Å². The number of anilines is 1. The van der Waals surface area contributed by atoms with Crippen LogP contribution in [0.15, 0.2) is 66.9 Å². The van der Waals surface area contributed by atoms with Crippen LogP contribution in [-0.2, 0) is 0 Å². The van der Waals surface area contributed by atoms with Crippen molar-refractivity contribution >= 4 is 22.2 Å². The third kappa shape index (κ3) is 1.50. The second kappa shape index (κ2) is 4.10. The van der Waals surface area contributed by atoms with Gasteiger partial charge in [-0.05, 0) is 30.3 Å². The molecule has 2 aromatic heterocycles. The molecule has 2 heterocycles. The van der Waals surface area contributed by atoms with Crippen molar-refractivity contribution in [2.45, 2.75) is 0 Å². The molecule has 96 valence electrons. The predicted octanol–water partition coefficient (Wildman–Crippen LogP) is 3.74. The van der Waals surface area contributed by atoms with Gasteiger partial charge in [0.1, 0.15) is 0 Å². The Kier molecular flexibility index (Phi) is 2.27. The molecule has 4 rings (SSSR count). The van der Waals surface area contributed by atoms with Crippen molar-refractivity contribution in [3.63, 3.8) is 0 Å². The number of hydrogen-bond acceptors (Lipinski definition) is 2. The number of nitrogen functional groups attached to an aromatic ring is 1. The van der Waals surface area contributed by atoms with Gasteiger partial charge >= 0.3 is 0 Å². The zero-order chi connectivity index (χ0) is 13.5. The highest BCUT2D eigenvalue weighted by molar-refractivity contribution is 5.90. The number of nitrogens with zero attached hydrogens (tertiary/aromatic N) is 2. The van der Waals surface area contributed by atoms with Gasteiger partial charge in [0.15, 0.2) is 0 Å². The molecule has 20 heavy (non-hydrogen) atoms. The van der Waals surface area contributed by atoms with Crippen LogP contribution in [0.1, 0.15) is 0 Å². The van der Waals surface area contributed by atoms with Gasteiger partial charge in [-0.3, -0.25) is 0 Å². The molecule has 0 saturated heterocycles. The Morgan fingerprint density at radius 2 is 1.55 bits per heavy atom. The Labute approximate surface area is 116 Å². The maximum absolute atomic E-state index is 6.11. The molecule has 2 N–H and O–H groups in total. The van der Waals surface area contributed by atoms with E-state index in [4.69, 9.17) is 10.7 Å². The van der Waals surface area contributed by atoms with Gasteiger partial charge in [-0.2, -0.15) is 0 Å². The van der Waals surface area contributed by atoms with E-state index in [1.165, 1.54) is 0 Å². The summed E-state index contributed by atoms with van der Waals surface area (Å²) in [4.78, 5) is 4.81. The van der Waals surface area contributed by atoms with E-state index in [-0.39, 0.29) is 0 Å². The van der Waals surface area contributed by atoms with E-state index in [1.54, 1.807) is 0 Å². The minimum atomic E-state index is 0.749. The molecular weight excluding hydrogens is 246 g/mol. The number of hydrogen-bond donors (Lipinski definition) is 1. The van der Waals surface area contributed by atoms with Crippen LogP contribution in [0.5, 0.6) is 0 Å². The fourth-order valence-corrected chi connectivity index (χ4v) is 2.63. The molecule has 0 saturated carbocycles. The third-order valence-corrected chi connectivity index (χ3v) is 3.58. The number of fused-ring (bicyclic) bond motifs is 3. The van der Waals surface area contributed by atoms with Gasteiger partial charge < -0.3 is 10.1 Å². The molecule has 3 nitrogen and oxygen atoms in total. The zero-order valence-electron chi connectivity index (χ0n) is 10.8. The molecule has 2 aromatic carbocycles. The first kappa shape index (κ1) is 11.1. The van der Waals surface area contributed by atoms with E-state index >= 15 is 0 Å². The molecule has 0 fully saturated rings. The lowest BCUT2D eigenvalue weighted by Crippen LogP contribution is -1.97. The van der Waals surface area contributed by atoms with Crippen LogP contribution in [0.3, 0.4) is 0 Å². The van der Waals surface area contributed by atoms with Gasteiger partial charge in [0.2, 0.25) is 0 Å². The van der Waals surface area contributed by atoms with Crippen LogP contribution in [0.25, 0.3) is 27.8 Å². The first-order valence-corrected chi connectivity index (χ1v) is 6.55. The molecule has 0 aliphatic carbocycles. The summed E-state index contributed by atoms with van der Waals surface area (Å²) in [7, 11) is 0. The number of aromatic nitrogens is 2. The molecule has 0 amide bonds. The summed E-state index contributed by atoms with van der Waals surface area (Å²) >= 11 is 0. The van der Waals surface area contributed by atoms with E-state index in [9.17, 15) is 0 Å². The van der Waals surface area contributed by atoms with E-state index in [1.807, 2.05) is 48.5 Å². The Hall–Kier alpha value is -2.81. The molecule has 3 heteroatoms. The van der Waals surface area contributed by atoms with E-state index in [0.29, 0.717) is 0 Å². The highest BCUT2D eigenvalue weighted by Gasteiger charge is 2.11. The summed E-state index contributed by atoms with van der Waals surface area (Å²) in [6.45, 7) is 0. The second-order valence-corrected chi connectivity index (χ2v) is 4.80. The lowest BCUT2D eigenvalue weighted by Gasteiger charge is -2.10. The lowest BCUT2D eigenvalue weighted by atomic mass is 10.1. The zero-order valence-corrected chi connectivity index (χ0v) is 10.8. The van der Waals surface area contributed by atoms with Gasteiger partial charge in [0.05, 0.1) is 22.2 Å². The van der Waals surface area contributed by atoms with Crippen LogP contribution in [-0.4, -0.2) is 9.38 Å². The highest BCUT2D eigenvalue weighted by atomic mass is 14.9. The number of rotatable bonds is 1. The minimum Gasteiger partial charge on any atom is -0.398 e. The van der Waals surface area contributed by atoms with Gasteiger partial charge in [-0.25, -0.2) is 4.98 Å². The van der Waals surface area contributed by atoms with E-state index < -0.39 is 0 Å². The Balaban J connectivity index is 2.17. The van der Waals surface area contributed by atoms with Crippen molar-refractivity contribution in [1.29, 1.82) is 0 Å². The predicted molar refractivity (Wildman–Crippen MR) is 82.5 cm³/mol. The quantitative estimate of drug-likeness (QED) is 0.529. The molecule has 0 radical (unpaired) electrons. The maximum Gasteiger partial charge on any atom is 0.0971 e. The summed E-state index contributed by atoms with van der Waals surface area (Å²) in [6.07, 6.45) is 2.06. The third-order valence-electron chi connectivity index (χ3n) is 3.58. The van der Waals surface area contributed by atoms with Crippen LogP contribution < -0.4 is 5.73 Å². The Morgan fingerprint density at radius 3 is 2.45 bits per heavy atom.